The number of nitriles is 2. The summed E-state index contributed by atoms with van der Waals surface area (Å²) in [7, 11) is 0. The van der Waals surface area contributed by atoms with Gasteiger partial charge in [0, 0.05) is 4.91 Å². The van der Waals surface area contributed by atoms with Gasteiger partial charge in [0.15, 0.2) is 0 Å². The van der Waals surface area contributed by atoms with Gasteiger partial charge >= 0.3 is 6.18 Å². The molecule has 0 aliphatic heterocycles. The summed E-state index contributed by atoms with van der Waals surface area (Å²) in [6.45, 7) is 0. The SMILES string of the molecule is N#CSC1=CC(C(F)(F)F)=C(C#N)C=CC1. The highest BCUT2D eigenvalue weighted by atomic mass is 32.2. The van der Waals surface area contributed by atoms with Gasteiger partial charge in [-0.3, -0.25) is 0 Å². The Labute approximate surface area is 94.4 Å². The first-order chi connectivity index (χ1) is 7.49. The summed E-state index contributed by atoms with van der Waals surface area (Å²) >= 11 is 0.670. The van der Waals surface area contributed by atoms with Crippen molar-refractivity contribution in [1.82, 2.24) is 0 Å². The van der Waals surface area contributed by atoms with Crippen LogP contribution in [0, 0.1) is 22.0 Å². The van der Waals surface area contributed by atoms with Crippen molar-refractivity contribution in [1.29, 1.82) is 10.5 Å². The molecule has 0 amide bonds. The number of nitrogens with zero attached hydrogens (tertiary/aromatic N) is 2. The Hall–Kier alpha value is -1.66. The van der Waals surface area contributed by atoms with Crippen molar-refractivity contribution < 1.29 is 13.2 Å². The second kappa shape index (κ2) is 4.91. The van der Waals surface area contributed by atoms with Crippen LogP contribution in [0.4, 0.5) is 13.2 Å². The summed E-state index contributed by atoms with van der Waals surface area (Å²) in [6.07, 6.45) is -0.936. The van der Waals surface area contributed by atoms with Crippen LogP contribution < -0.4 is 0 Å². The molecule has 1 aliphatic carbocycles. The Morgan fingerprint density at radius 2 is 2.00 bits per heavy atom. The normalized spacial score (nSPS) is 16.2. The van der Waals surface area contributed by atoms with Gasteiger partial charge < -0.3 is 0 Å². The van der Waals surface area contributed by atoms with Gasteiger partial charge in [0.2, 0.25) is 0 Å². The number of alkyl halides is 3. The lowest BCUT2D eigenvalue weighted by atomic mass is 10.1. The second-order valence-corrected chi connectivity index (χ2v) is 3.76. The zero-order valence-corrected chi connectivity index (χ0v) is 8.69. The van der Waals surface area contributed by atoms with Crippen molar-refractivity contribution in [3.8, 4) is 11.5 Å². The number of hydrogen-bond acceptors (Lipinski definition) is 3. The number of hydrogen-bond donors (Lipinski definition) is 0. The van der Waals surface area contributed by atoms with Crippen molar-refractivity contribution in [3.05, 3.63) is 34.3 Å². The minimum atomic E-state index is -4.58. The number of halogens is 3. The summed E-state index contributed by atoms with van der Waals surface area (Å²) in [6, 6.07) is 1.50. The highest BCUT2D eigenvalue weighted by Gasteiger charge is 2.35. The number of rotatable bonds is 1. The molecule has 0 fully saturated rings. The largest absolute Gasteiger partial charge is 0.417 e. The predicted molar refractivity (Wildman–Crippen MR) is 53.7 cm³/mol. The first-order valence-corrected chi connectivity index (χ1v) is 4.95. The van der Waals surface area contributed by atoms with Crippen molar-refractivity contribution in [2.45, 2.75) is 12.6 Å². The first kappa shape index (κ1) is 12.4. The van der Waals surface area contributed by atoms with Gasteiger partial charge in [0.1, 0.15) is 5.40 Å². The third-order valence-corrected chi connectivity index (χ3v) is 2.44. The van der Waals surface area contributed by atoms with Crippen LogP contribution in [0.5, 0.6) is 0 Å². The summed E-state index contributed by atoms with van der Waals surface area (Å²) < 4.78 is 37.8. The third kappa shape index (κ3) is 2.91. The van der Waals surface area contributed by atoms with Crippen LogP contribution in [0.25, 0.3) is 0 Å². The van der Waals surface area contributed by atoms with Crippen molar-refractivity contribution in [2.75, 3.05) is 0 Å². The van der Waals surface area contributed by atoms with E-state index in [1.807, 2.05) is 0 Å². The molecule has 0 N–H and O–H groups in total. The fourth-order valence-electron chi connectivity index (χ4n) is 1.14. The van der Waals surface area contributed by atoms with E-state index in [2.05, 4.69) is 0 Å². The molecule has 16 heavy (non-hydrogen) atoms. The van der Waals surface area contributed by atoms with Crippen molar-refractivity contribution in [2.24, 2.45) is 0 Å². The molecule has 6 heteroatoms. The van der Waals surface area contributed by atoms with E-state index in [0.29, 0.717) is 11.8 Å². The van der Waals surface area contributed by atoms with E-state index in [0.717, 1.165) is 12.2 Å². The highest BCUT2D eigenvalue weighted by molar-refractivity contribution is 8.07. The molecule has 0 aromatic heterocycles. The predicted octanol–water partition coefficient (Wildman–Crippen LogP) is 3.43. The van der Waals surface area contributed by atoms with Crippen molar-refractivity contribution in [3.63, 3.8) is 0 Å². The molecule has 0 aromatic rings. The van der Waals surface area contributed by atoms with Crippen LogP contribution in [0.2, 0.25) is 0 Å². The summed E-state index contributed by atoms with van der Waals surface area (Å²) in [5.41, 5.74) is -1.43. The van der Waals surface area contributed by atoms with E-state index in [-0.39, 0.29) is 11.3 Å². The van der Waals surface area contributed by atoms with E-state index in [1.165, 1.54) is 12.1 Å². The van der Waals surface area contributed by atoms with Gasteiger partial charge in [0.05, 0.1) is 17.2 Å². The van der Waals surface area contributed by atoms with Crippen LogP contribution in [-0.4, -0.2) is 6.18 Å². The van der Waals surface area contributed by atoms with Crippen LogP contribution in [-0.2, 0) is 0 Å². The molecular weight excluding hydrogens is 237 g/mol. The summed E-state index contributed by atoms with van der Waals surface area (Å²) in [5, 5.41) is 18.7. The van der Waals surface area contributed by atoms with Gasteiger partial charge in [-0.1, -0.05) is 6.08 Å². The van der Waals surface area contributed by atoms with E-state index in [4.69, 9.17) is 10.5 Å². The average molecular weight is 242 g/mol. The minimum Gasteiger partial charge on any atom is -0.192 e. The number of thiocyanates is 1. The zero-order valence-electron chi connectivity index (χ0n) is 7.88. The zero-order chi connectivity index (χ0) is 12.2. The third-order valence-electron chi connectivity index (χ3n) is 1.80. The summed E-state index contributed by atoms with van der Waals surface area (Å²) in [5.74, 6) is 0. The van der Waals surface area contributed by atoms with Gasteiger partial charge in [-0.2, -0.15) is 23.7 Å². The minimum absolute atomic E-state index is 0.225. The maximum absolute atomic E-state index is 12.6. The molecule has 0 heterocycles. The molecule has 0 spiro atoms. The first-order valence-electron chi connectivity index (χ1n) is 4.13. The molecule has 1 rings (SSSR count). The fourth-order valence-corrected chi connectivity index (χ4v) is 1.62. The maximum atomic E-state index is 12.6. The Balaban J connectivity index is 3.27. The molecule has 1 aliphatic rings. The monoisotopic (exact) mass is 242 g/mol. The fraction of sp³-hybridized carbons (Fsp3) is 0.200. The molecule has 82 valence electrons. The maximum Gasteiger partial charge on any atom is 0.417 e. The van der Waals surface area contributed by atoms with Gasteiger partial charge in [-0.05, 0) is 30.3 Å². The lowest BCUT2D eigenvalue weighted by Gasteiger charge is -2.08. The molecule has 0 atom stereocenters. The van der Waals surface area contributed by atoms with Crippen LogP contribution in [0.15, 0.2) is 34.3 Å². The lowest BCUT2D eigenvalue weighted by molar-refractivity contribution is -0.0885. The quantitative estimate of drug-likeness (QED) is 0.662. The number of allylic oxidation sites excluding steroid dienone is 6. The highest BCUT2D eigenvalue weighted by Crippen LogP contribution is 2.34. The van der Waals surface area contributed by atoms with Gasteiger partial charge in [0.25, 0.3) is 0 Å². The Morgan fingerprint density at radius 1 is 1.31 bits per heavy atom. The average Bonchev–Trinajstić information content (AvgIpc) is 2.39. The molecule has 0 saturated carbocycles. The molecule has 0 unspecified atom stereocenters. The molecular formula is C10H5F3N2S. The topological polar surface area (TPSA) is 47.6 Å². The van der Waals surface area contributed by atoms with Crippen LogP contribution in [0.3, 0.4) is 0 Å². The van der Waals surface area contributed by atoms with E-state index >= 15 is 0 Å². The second-order valence-electron chi connectivity index (χ2n) is 2.85. The molecule has 0 bridgehead atoms. The van der Waals surface area contributed by atoms with E-state index in [1.54, 1.807) is 5.40 Å². The van der Waals surface area contributed by atoms with E-state index < -0.39 is 17.3 Å². The molecule has 2 nitrogen and oxygen atoms in total. The van der Waals surface area contributed by atoms with Gasteiger partial charge in [-0.15, -0.1) is 0 Å². The van der Waals surface area contributed by atoms with E-state index in [9.17, 15) is 13.2 Å². The number of thioether (sulfide) groups is 1. The molecule has 0 radical (unpaired) electrons. The molecule has 0 saturated heterocycles. The Kier molecular flexibility index (Phi) is 3.81. The lowest BCUT2D eigenvalue weighted by Crippen LogP contribution is -2.12. The smallest absolute Gasteiger partial charge is 0.192 e. The molecule has 0 aromatic carbocycles. The summed E-state index contributed by atoms with van der Waals surface area (Å²) in [4.78, 5) is 0.274. The van der Waals surface area contributed by atoms with Crippen LogP contribution in [0.1, 0.15) is 6.42 Å². The standard InChI is InChI=1S/C10H5F3N2S/c11-10(12,13)9-4-8(16-6-15)3-1-2-7(9)5-14/h1-2,4H,3H2. The van der Waals surface area contributed by atoms with Gasteiger partial charge in [-0.25, -0.2) is 0 Å². The van der Waals surface area contributed by atoms with Crippen molar-refractivity contribution >= 4 is 11.8 Å². The van der Waals surface area contributed by atoms with Crippen LogP contribution >= 0.6 is 11.8 Å². The Morgan fingerprint density at radius 3 is 2.50 bits per heavy atom. The Bertz CT molecular complexity index is 458.